The Kier molecular flexibility index (Phi) is 6.85. The molecule has 2 aromatic rings. The van der Waals surface area contributed by atoms with Crippen molar-refractivity contribution in [2.24, 2.45) is 5.41 Å². The molecule has 174 valence electrons. The van der Waals surface area contributed by atoms with Gasteiger partial charge in [-0.25, -0.2) is 8.42 Å². The number of benzene rings is 2. The smallest absolute Gasteiger partial charge is 0.406 e. The number of sulfonamides is 1. The zero-order chi connectivity index (χ0) is 23.6. The second-order valence-corrected chi connectivity index (χ2v) is 9.82. The average molecular weight is 471 g/mol. The van der Waals surface area contributed by atoms with Crippen LogP contribution in [0, 0.1) is 12.3 Å². The van der Waals surface area contributed by atoms with Crippen molar-refractivity contribution in [3.05, 3.63) is 54.1 Å². The SMILES string of the molecule is CCC1(C(=O)Nc2ccc(OC(F)(F)F)cc2)CCN(S(=O)(=O)c2ccc(C)cc2)CC1. The molecule has 0 spiro atoms. The summed E-state index contributed by atoms with van der Waals surface area (Å²) < 4.78 is 67.9. The average Bonchev–Trinajstić information content (AvgIpc) is 2.74. The first-order valence-corrected chi connectivity index (χ1v) is 11.6. The number of anilines is 1. The summed E-state index contributed by atoms with van der Waals surface area (Å²) >= 11 is 0. The quantitative estimate of drug-likeness (QED) is 0.663. The maximum atomic E-state index is 13.0. The Morgan fingerprint density at radius 3 is 2.12 bits per heavy atom. The molecule has 0 saturated carbocycles. The number of carbonyl (C=O) groups is 1. The van der Waals surface area contributed by atoms with Gasteiger partial charge in [-0.15, -0.1) is 13.2 Å². The van der Waals surface area contributed by atoms with E-state index in [9.17, 15) is 26.4 Å². The molecule has 0 unspecified atom stereocenters. The van der Waals surface area contributed by atoms with E-state index in [1.54, 1.807) is 24.3 Å². The molecule has 0 aliphatic carbocycles. The second kappa shape index (κ2) is 9.11. The van der Waals surface area contributed by atoms with E-state index in [1.165, 1.54) is 16.4 Å². The van der Waals surface area contributed by atoms with E-state index in [0.717, 1.165) is 17.7 Å². The van der Waals surface area contributed by atoms with Gasteiger partial charge in [-0.05, 0) is 62.6 Å². The van der Waals surface area contributed by atoms with Crippen molar-refractivity contribution in [3.63, 3.8) is 0 Å². The predicted octanol–water partition coefficient (Wildman–Crippen LogP) is 4.71. The number of hydrogen-bond donors (Lipinski definition) is 1. The van der Waals surface area contributed by atoms with Gasteiger partial charge >= 0.3 is 6.36 Å². The molecule has 6 nitrogen and oxygen atoms in total. The number of aryl methyl sites for hydroxylation is 1. The van der Waals surface area contributed by atoms with Crippen LogP contribution in [0.3, 0.4) is 0 Å². The number of amides is 1. The maximum absolute atomic E-state index is 13.0. The van der Waals surface area contributed by atoms with Crippen molar-refractivity contribution < 1.29 is 31.1 Å². The van der Waals surface area contributed by atoms with Crippen molar-refractivity contribution in [2.75, 3.05) is 18.4 Å². The molecule has 0 radical (unpaired) electrons. The molecule has 1 aliphatic rings. The summed E-state index contributed by atoms with van der Waals surface area (Å²) in [6.07, 6.45) is -3.60. The molecular weight excluding hydrogens is 445 g/mol. The number of halogens is 3. The third-order valence-corrected chi connectivity index (χ3v) is 7.76. The first-order valence-electron chi connectivity index (χ1n) is 10.2. The fourth-order valence-corrected chi connectivity index (χ4v) is 5.20. The zero-order valence-corrected chi connectivity index (χ0v) is 18.6. The Balaban J connectivity index is 1.66. The van der Waals surface area contributed by atoms with Gasteiger partial charge in [0.2, 0.25) is 15.9 Å². The van der Waals surface area contributed by atoms with Gasteiger partial charge in [0, 0.05) is 18.8 Å². The van der Waals surface area contributed by atoms with Gasteiger partial charge < -0.3 is 10.1 Å². The van der Waals surface area contributed by atoms with E-state index in [-0.39, 0.29) is 29.6 Å². The lowest BCUT2D eigenvalue weighted by molar-refractivity contribution is -0.274. The van der Waals surface area contributed by atoms with Crippen molar-refractivity contribution in [3.8, 4) is 5.75 Å². The summed E-state index contributed by atoms with van der Waals surface area (Å²) in [5.74, 6) is -0.660. The molecule has 1 heterocycles. The molecule has 1 amide bonds. The highest BCUT2D eigenvalue weighted by molar-refractivity contribution is 7.89. The Hall–Kier alpha value is -2.59. The molecule has 1 saturated heterocycles. The molecule has 0 bridgehead atoms. The van der Waals surface area contributed by atoms with Crippen LogP contribution in [0.2, 0.25) is 0 Å². The van der Waals surface area contributed by atoms with Crippen molar-refractivity contribution >= 4 is 21.6 Å². The summed E-state index contributed by atoms with van der Waals surface area (Å²) in [6.45, 7) is 4.15. The minimum Gasteiger partial charge on any atom is -0.406 e. The second-order valence-electron chi connectivity index (χ2n) is 7.88. The molecule has 10 heteroatoms. The van der Waals surface area contributed by atoms with E-state index in [1.807, 2.05) is 13.8 Å². The van der Waals surface area contributed by atoms with E-state index < -0.39 is 21.8 Å². The van der Waals surface area contributed by atoms with Gasteiger partial charge in [-0.2, -0.15) is 4.31 Å². The highest BCUT2D eigenvalue weighted by Gasteiger charge is 2.42. The maximum Gasteiger partial charge on any atom is 0.573 e. The molecule has 2 aromatic carbocycles. The van der Waals surface area contributed by atoms with Crippen LogP contribution in [0.25, 0.3) is 0 Å². The molecular formula is C22H25F3N2O4S. The molecule has 1 N–H and O–H groups in total. The molecule has 0 aromatic heterocycles. The number of piperidine rings is 1. The van der Waals surface area contributed by atoms with Crippen LogP contribution >= 0.6 is 0 Å². The third kappa shape index (κ3) is 5.42. The fourth-order valence-electron chi connectivity index (χ4n) is 3.76. The number of nitrogens with zero attached hydrogens (tertiary/aromatic N) is 1. The number of nitrogens with one attached hydrogen (secondary N) is 1. The predicted molar refractivity (Wildman–Crippen MR) is 114 cm³/mol. The van der Waals surface area contributed by atoms with Gasteiger partial charge in [0.15, 0.2) is 0 Å². The van der Waals surface area contributed by atoms with Crippen molar-refractivity contribution in [2.45, 2.75) is 44.4 Å². The van der Waals surface area contributed by atoms with Gasteiger partial charge in [-0.3, -0.25) is 4.79 Å². The molecule has 32 heavy (non-hydrogen) atoms. The van der Waals surface area contributed by atoms with E-state index in [4.69, 9.17) is 0 Å². The minimum atomic E-state index is -4.79. The first-order chi connectivity index (χ1) is 14.9. The van der Waals surface area contributed by atoms with Gasteiger partial charge in [0.25, 0.3) is 0 Å². The number of rotatable bonds is 6. The molecule has 3 rings (SSSR count). The molecule has 1 fully saturated rings. The monoisotopic (exact) mass is 470 g/mol. The molecule has 1 aliphatic heterocycles. The van der Waals surface area contributed by atoms with Crippen molar-refractivity contribution in [1.29, 1.82) is 0 Å². The summed E-state index contributed by atoms with van der Waals surface area (Å²) in [7, 11) is -3.65. The van der Waals surface area contributed by atoms with Crippen LogP contribution in [0.15, 0.2) is 53.4 Å². The lowest BCUT2D eigenvalue weighted by Crippen LogP contribution is -2.48. The first kappa shape index (κ1) is 24.1. The topological polar surface area (TPSA) is 75.7 Å². The molecule has 0 atom stereocenters. The lowest BCUT2D eigenvalue weighted by Gasteiger charge is -2.39. The van der Waals surface area contributed by atoms with Crippen LogP contribution in [0.4, 0.5) is 18.9 Å². The Morgan fingerprint density at radius 2 is 1.62 bits per heavy atom. The van der Waals surface area contributed by atoms with Crippen molar-refractivity contribution in [1.82, 2.24) is 4.31 Å². The largest absolute Gasteiger partial charge is 0.573 e. The summed E-state index contributed by atoms with van der Waals surface area (Å²) in [4.78, 5) is 13.2. The Labute approximate surface area is 185 Å². The van der Waals surface area contributed by atoms with Crippen LogP contribution in [0.5, 0.6) is 5.75 Å². The summed E-state index contributed by atoms with van der Waals surface area (Å²) in [6, 6.07) is 11.5. The Morgan fingerprint density at radius 1 is 1.06 bits per heavy atom. The normalized spacial score (nSPS) is 17.0. The minimum absolute atomic E-state index is 0.204. The number of ether oxygens (including phenoxy) is 1. The Bertz CT molecular complexity index is 1040. The number of hydrogen-bond acceptors (Lipinski definition) is 4. The summed E-state index contributed by atoms with van der Waals surface area (Å²) in [5.41, 5.74) is 0.537. The van der Waals surface area contributed by atoms with E-state index in [2.05, 4.69) is 10.1 Å². The van der Waals surface area contributed by atoms with Crippen LogP contribution in [-0.2, 0) is 14.8 Å². The lowest BCUT2D eigenvalue weighted by atomic mass is 9.76. The standard InChI is InChI=1S/C22H25F3N2O4S/c1-3-21(20(28)26-17-6-8-18(9-7-17)31-22(23,24)25)12-14-27(15-13-21)32(29,30)19-10-4-16(2)5-11-19/h4-11H,3,12-15H2,1-2H3,(H,26,28). The third-order valence-electron chi connectivity index (χ3n) is 5.84. The van der Waals surface area contributed by atoms with Crippen LogP contribution in [0.1, 0.15) is 31.7 Å². The zero-order valence-electron chi connectivity index (χ0n) is 17.8. The number of carbonyl (C=O) groups excluding carboxylic acids is 1. The van der Waals surface area contributed by atoms with Gasteiger partial charge in [0.1, 0.15) is 5.75 Å². The highest BCUT2D eigenvalue weighted by atomic mass is 32.2. The van der Waals surface area contributed by atoms with E-state index >= 15 is 0 Å². The fraction of sp³-hybridized carbons (Fsp3) is 0.409. The van der Waals surface area contributed by atoms with Crippen LogP contribution < -0.4 is 10.1 Å². The van der Waals surface area contributed by atoms with E-state index in [0.29, 0.717) is 24.9 Å². The van der Waals surface area contributed by atoms with Crippen LogP contribution in [-0.4, -0.2) is 38.1 Å². The number of alkyl halides is 3. The summed E-state index contributed by atoms with van der Waals surface area (Å²) in [5, 5.41) is 2.74. The van der Waals surface area contributed by atoms with Gasteiger partial charge in [-0.1, -0.05) is 24.6 Å². The highest BCUT2D eigenvalue weighted by Crippen LogP contribution is 2.38. The van der Waals surface area contributed by atoms with Gasteiger partial charge in [0.05, 0.1) is 10.3 Å².